The molecule has 1 aromatic carbocycles. The van der Waals surface area contributed by atoms with Crippen LogP contribution in [0.15, 0.2) is 24.3 Å². The van der Waals surface area contributed by atoms with Crippen molar-refractivity contribution >= 4 is 5.78 Å². The van der Waals surface area contributed by atoms with Gasteiger partial charge in [0.15, 0.2) is 5.78 Å². The highest BCUT2D eigenvalue weighted by Crippen LogP contribution is 2.46. The van der Waals surface area contributed by atoms with E-state index in [9.17, 15) is 4.79 Å². The topological polar surface area (TPSA) is 26.3 Å². The number of carbonyl (C=O) groups is 1. The molecule has 2 aliphatic carbocycles. The number of rotatable bonds is 3. The number of hydrogen-bond donors (Lipinski definition) is 0. The zero-order chi connectivity index (χ0) is 11.8. The van der Waals surface area contributed by atoms with E-state index in [-0.39, 0.29) is 5.78 Å². The predicted octanol–water partition coefficient (Wildman–Crippen LogP) is 3.46. The highest BCUT2D eigenvalue weighted by Gasteiger charge is 2.41. The summed E-state index contributed by atoms with van der Waals surface area (Å²) in [4.78, 5) is 11.5. The summed E-state index contributed by atoms with van der Waals surface area (Å²) in [5, 5.41) is 0. The summed E-state index contributed by atoms with van der Waals surface area (Å²) < 4.78 is 6.08. The molecule has 0 N–H and O–H groups in total. The first-order valence-electron chi connectivity index (χ1n) is 6.50. The first-order valence-corrected chi connectivity index (χ1v) is 6.50. The number of ether oxygens (including phenoxy) is 1. The van der Waals surface area contributed by atoms with Gasteiger partial charge in [0.2, 0.25) is 0 Å². The molecule has 0 aromatic heterocycles. The van der Waals surface area contributed by atoms with Crippen molar-refractivity contribution in [3.8, 4) is 5.75 Å². The van der Waals surface area contributed by atoms with Crippen molar-refractivity contribution in [2.75, 3.05) is 0 Å². The van der Waals surface area contributed by atoms with E-state index in [1.807, 2.05) is 24.3 Å². The molecule has 0 aliphatic heterocycles. The van der Waals surface area contributed by atoms with Gasteiger partial charge < -0.3 is 4.74 Å². The summed E-state index contributed by atoms with van der Waals surface area (Å²) in [5.74, 6) is 2.45. The minimum Gasteiger partial charge on any atom is -0.489 e. The number of benzene rings is 1. The van der Waals surface area contributed by atoms with E-state index < -0.39 is 0 Å². The maximum absolute atomic E-state index is 11.5. The minimum atomic E-state index is 0.0868. The van der Waals surface area contributed by atoms with Crippen molar-refractivity contribution in [1.82, 2.24) is 0 Å². The van der Waals surface area contributed by atoms with Crippen LogP contribution in [0, 0.1) is 11.8 Å². The maximum atomic E-state index is 11.5. The summed E-state index contributed by atoms with van der Waals surface area (Å²) in [6.07, 6.45) is 5.52. The minimum absolute atomic E-state index is 0.0868. The normalized spacial score (nSPS) is 30.5. The molecule has 0 amide bonds. The van der Waals surface area contributed by atoms with Crippen molar-refractivity contribution in [2.45, 2.75) is 38.7 Å². The summed E-state index contributed by atoms with van der Waals surface area (Å²) in [7, 11) is 0. The van der Waals surface area contributed by atoms with Gasteiger partial charge in [-0.05, 0) is 56.6 Å². The third-order valence-electron chi connectivity index (χ3n) is 4.22. The Balaban J connectivity index is 1.79. The van der Waals surface area contributed by atoms with Gasteiger partial charge in [0.05, 0.1) is 5.56 Å². The van der Waals surface area contributed by atoms with E-state index in [0.29, 0.717) is 6.10 Å². The Bertz CT molecular complexity index is 438. The second-order valence-electron chi connectivity index (χ2n) is 5.38. The van der Waals surface area contributed by atoms with Gasteiger partial charge in [-0.3, -0.25) is 4.79 Å². The van der Waals surface area contributed by atoms with Crippen LogP contribution in [0.1, 0.15) is 43.0 Å². The molecule has 3 rings (SSSR count). The predicted molar refractivity (Wildman–Crippen MR) is 66.3 cm³/mol. The van der Waals surface area contributed by atoms with Gasteiger partial charge in [-0.15, -0.1) is 0 Å². The van der Waals surface area contributed by atoms with Gasteiger partial charge in [-0.2, -0.15) is 0 Å². The molecule has 0 heterocycles. The summed E-state index contributed by atoms with van der Waals surface area (Å²) in [6.45, 7) is 1.60. The zero-order valence-electron chi connectivity index (χ0n) is 10.2. The van der Waals surface area contributed by atoms with Crippen molar-refractivity contribution in [1.29, 1.82) is 0 Å². The highest BCUT2D eigenvalue weighted by molar-refractivity contribution is 5.96. The fourth-order valence-corrected chi connectivity index (χ4v) is 3.35. The second kappa shape index (κ2) is 4.17. The number of Topliss-reactive ketones (excluding diaryl/α,β-unsaturated/α-hetero) is 1. The van der Waals surface area contributed by atoms with Crippen LogP contribution in [0.2, 0.25) is 0 Å². The Hall–Kier alpha value is -1.31. The average molecular weight is 230 g/mol. The zero-order valence-corrected chi connectivity index (χ0v) is 10.2. The van der Waals surface area contributed by atoms with Gasteiger partial charge in [0, 0.05) is 0 Å². The van der Waals surface area contributed by atoms with E-state index in [1.54, 1.807) is 6.92 Å². The third kappa shape index (κ3) is 1.97. The van der Waals surface area contributed by atoms with Gasteiger partial charge in [-0.1, -0.05) is 12.1 Å². The lowest BCUT2D eigenvalue weighted by molar-refractivity contribution is 0.0996. The first kappa shape index (κ1) is 10.8. The lowest BCUT2D eigenvalue weighted by atomic mass is 9.97. The van der Waals surface area contributed by atoms with Gasteiger partial charge in [-0.25, -0.2) is 0 Å². The van der Waals surface area contributed by atoms with E-state index in [1.165, 1.54) is 25.7 Å². The molecule has 2 heteroatoms. The summed E-state index contributed by atoms with van der Waals surface area (Å²) >= 11 is 0. The van der Waals surface area contributed by atoms with Crippen LogP contribution in [0.3, 0.4) is 0 Å². The van der Waals surface area contributed by atoms with E-state index in [0.717, 1.165) is 23.1 Å². The lowest BCUT2D eigenvalue weighted by Crippen LogP contribution is -2.24. The van der Waals surface area contributed by atoms with Crippen LogP contribution in [0.4, 0.5) is 0 Å². The Labute approximate surface area is 102 Å². The fourth-order valence-electron chi connectivity index (χ4n) is 3.35. The van der Waals surface area contributed by atoms with Crippen LogP contribution in [0.5, 0.6) is 5.75 Å². The number of ketones is 1. The van der Waals surface area contributed by atoms with Crippen molar-refractivity contribution in [2.24, 2.45) is 11.8 Å². The largest absolute Gasteiger partial charge is 0.489 e. The van der Waals surface area contributed by atoms with Crippen LogP contribution in [-0.2, 0) is 0 Å². The molecule has 0 spiro atoms. The number of hydrogen-bond acceptors (Lipinski definition) is 2. The van der Waals surface area contributed by atoms with Gasteiger partial charge in [0.1, 0.15) is 11.9 Å². The maximum Gasteiger partial charge on any atom is 0.163 e. The molecular formula is C15H18O2. The molecule has 2 bridgehead atoms. The monoisotopic (exact) mass is 230 g/mol. The molecule has 0 saturated heterocycles. The third-order valence-corrected chi connectivity index (χ3v) is 4.22. The van der Waals surface area contributed by atoms with Crippen LogP contribution in [0.25, 0.3) is 0 Å². The molecule has 1 aromatic rings. The quantitative estimate of drug-likeness (QED) is 0.743. The number of carbonyl (C=O) groups excluding carboxylic acids is 1. The van der Waals surface area contributed by atoms with Crippen LogP contribution in [-0.4, -0.2) is 11.9 Å². The molecule has 0 radical (unpaired) electrons. The molecular weight excluding hydrogens is 212 g/mol. The molecule has 2 aliphatic rings. The lowest BCUT2D eigenvalue weighted by Gasteiger charge is -2.24. The van der Waals surface area contributed by atoms with E-state index in [2.05, 4.69) is 0 Å². The Kier molecular flexibility index (Phi) is 2.65. The fraction of sp³-hybridized carbons (Fsp3) is 0.533. The Morgan fingerprint density at radius 1 is 1.24 bits per heavy atom. The number of fused-ring (bicyclic) bond motifs is 2. The molecule has 2 fully saturated rings. The molecule has 90 valence electrons. The van der Waals surface area contributed by atoms with Gasteiger partial charge in [0.25, 0.3) is 0 Å². The first-order chi connectivity index (χ1) is 8.24. The summed E-state index contributed by atoms with van der Waals surface area (Å²) in [6, 6.07) is 7.60. The van der Waals surface area contributed by atoms with Crippen molar-refractivity contribution in [3.63, 3.8) is 0 Å². The smallest absolute Gasteiger partial charge is 0.163 e. The van der Waals surface area contributed by atoms with Crippen LogP contribution < -0.4 is 4.74 Å². The molecule has 2 nitrogen and oxygen atoms in total. The van der Waals surface area contributed by atoms with Crippen molar-refractivity contribution < 1.29 is 9.53 Å². The van der Waals surface area contributed by atoms with E-state index >= 15 is 0 Å². The summed E-state index contributed by atoms with van der Waals surface area (Å²) in [5.41, 5.74) is 0.718. The Morgan fingerprint density at radius 3 is 2.71 bits per heavy atom. The molecule has 3 atom stereocenters. The SMILES string of the molecule is CC(=O)c1ccccc1OC1CC2CCC1C2. The molecule has 3 unspecified atom stereocenters. The average Bonchev–Trinajstić information content (AvgIpc) is 2.91. The second-order valence-corrected chi connectivity index (χ2v) is 5.38. The standard InChI is InChI=1S/C15H18O2/c1-10(16)13-4-2-3-5-14(13)17-15-9-11-6-7-12(15)8-11/h2-5,11-12,15H,6-9H2,1H3. The van der Waals surface area contributed by atoms with Crippen molar-refractivity contribution in [3.05, 3.63) is 29.8 Å². The van der Waals surface area contributed by atoms with Gasteiger partial charge >= 0.3 is 0 Å². The molecule has 17 heavy (non-hydrogen) atoms. The molecule has 2 saturated carbocycles. The Morgan fingerprint density at radius 2 is 2.06 bits per heavy atom. The van der Waals surface area contributed by atoms with Crippen LogP contribution >= 0.6 is 0 Å². The highest BCUT2D eigenvalue weighted by atomic mass is 16.5. The number of para-hydroxylation sites is 1. The van der Waals surface area contributed by atoms with E-state index in [4.69, 9.17) is 4.74 Å².